The summed E-state index contributed by atoms with van der Waals surface area (Å²) in [7, 11) is 0. The van der Waals surface area contributed by atoms with Gasteiger partial charge in [0.25, 0.3) is 5.79 Å². The number of rotatable bonds is 5. The number of ether oxygens (including phenoxy) is 3. The van der Waals surface area contributed by atoms with Gasteiger partial charge in [0.15, 0.2) is 5.57 Å². The summed E-state index contributed by atoms with van der Waals surface area (Å²) in [5.41, 5.74) is 0.460. The molecule has 0 bridgehead atoms. The lowest BCUT2D eigenvalue weighted by Crippen LogP contribution is -2.42. The highest BCUT2D eigenvalue weighted by molar-refractivity contribution is 6.15. The first kappa shape index (κ1) is 18.3. The third-order valence-electron chi connectivity index (χ3n) is 3.20. The Bertz CT molecular complexity index is 715. The number of hydrogen-bond donors (Lipinski definition) is 2. The maximum atomic E-state index is 11.9. The second-order valence-corrected chi connectivity index (χ2v) is 5.71. The largest absolute Gasteiger partial charge is 0.506 e. The number of phenolic OH excluding ortho intramolecular Hbond substituents is 1. The zero-order valence-electron chi connectivity index (χ0n) is 14.1. The summed E-state index contributed by atoms with van der Waals surface area (Å²) < 4.78 is 14.8. The number of carbonyl (C=O) groups excluding carboxylic acids is 3. The number of cyclic esters (lactones) is 2. The van der Waals surface area contributed by atoms with Crippen molar-refractivity contribution in [1.29, 1.82) is 0 Å². The van der Waals surface area contributed by atoms with Crippen LogP contribution in [0.4, 0.5) is 5.69 Å². The maximum absolute atomic E-state index is 11.9. The van der Waals surface area contributed by atoms with Crippen LogP contribution >= 0.6 is 0 Å². The summed E-state index contributed by atoms with van der Waals surface area (Å²) in [6, 6.07) is 4.46. The van der Waals surface area contributed by atoms with Crippen molar-refractivity contribution >= 4 is 23.6 Å². The fraction of sp³-hybridized carbons (Fsp3) is 0.353. The SMILES string of the molecule is CCOC(=O)Cc1ccc(O)c(NC=C2C(=O)OC(C)(C)OC2=O)c1. The van der Waals surface area contributed by atoms with E-state index in [1.54, 1.807) is 13.0 Å². The average Bonchev–Trinajstić information content (AvgIpc) is 2.48. The van der Waals surface area contributed by atoms with Crippen molar-refractivity contribution in [2.45, 2.75) is 33.0 Å². The molecule has 0 spiro atoms. The summed E-state index contributed by atoms with van der Waals surface area (Å²) >= 11 is 0. The number of benzene rings is 1. The quantitative estimate of drug-likeness (QED) is 0.357. The van der Waals surface area contributed by atoms with Gasteiger partial charge in [-0.1, -0.05) is 6.07 Å². The number of anilines is 1. The van der Waals surface area contributed by atoms with Crippen LogP contribution in [-0.4, -0.2) is 35.4 Å². The Hall–Kier alpha value is -3.03. The molecule has 8 nitrogen and oxygen atoms in total. The topological polar surface area (TPSA) is 111 Å². The third-order valence-corrected chi connectivity index (χ3v) is 3.20. The van der Waals surface area contributed by atoms with Gasteiger partial charge in [-0.3, -0.25) is 4.79 Å². The molecule has 1 aromatic rings. The fourth-order valence-electron chi connectivity index (χ4n) is 2.12. The number of nitrogens with one attached hydrogen (secondary N) is 1. The van der Waals surface area contributed by atoms with Crippen LogP contribution in [0.3, 0.4) is 0 Å². The molecule has 2 rings (SSSR count). The fourth-order valence-corrected chi connectivity index (χ4v) is 2.12. The molecule has 1 saturated heterocycles. The van der Waals surface area contributed by atoms with Crippen molar-refractivity contribution in [2.75, 3.05) is 11.9 Å². The molecule has 1 aromatic carbocycles. The van der Waals surface area contributed by atoms with Crippen LogP contribution in [0.25, 0.3) is 0 Å². The predicted molar refractivity (Wildman–Crippen MR) is 86.4 cm³/mol. The molecule has 0 aliphatic carbocycles. The van der Waals surface area contributed by atoms with Crippen LogP contribution in [0, 0.1) is 0 Å². The monoisotopic (exact) mass is 349 g/mol. The van der Waals surface area contributed by atoms with E-state index in [0.29, 0.717) is 5.56 Å². The van der Waals surface area contributed by atoms with Gasteiger partial charge in [-0.2, -0.15) is 0 Å². The number of hydrogen-bond acceptors (Lipinski definition) is 8. The number of phenols is 1. The molecule has 1 aliphatic heterocycles. The molecule has 1 fully saturated rings. The summed E-state index contributed by atoms with van der Waals surface area (Å²) in [4.78, 5) is 35.2. The van der Waals surface area contributed by atoms with Crippen LogP contribution in [0.5, 0.6) is 5.75 Å². The molecule has 25 heavy (non-hydrogen) atoms. The first-order valence-corrected chi connectivity index (χ1v) is 7.62. The van der Waals surface area contributed by atoms with Gasteiger partial charge < -0.3 is 24.6 Å². The van der Waals surface area contributed by atoms with E-state index in [4.69, 9.17) is 14.2 Å². The van der Waals surface area contributed by atoms with Gasteiger partial charge in [0.2, 0.25) is 0 Å². The molecule has 0 saturated carbocycles. The molecular formula is C17H19NO7. The van der Waals surface area contributed by atoms with Gasteiger partial charge in [0, 0.05) is 20.0 Å². The number of aromatic hydroxyl groups is 1. The van der Waals surface area contributed by atoms with Gasteiger partial charge in [0.1, 0.15) is 5.75 Å². The van der Waals surface area contributed by atoms with Gasteiger partial charge >= 0.3 is 17.9 Å². The van der Waals surface area contributed by atoms with Crippen molar-refractivity contribution in [3.63, 3.8) is 0 Å². The molecule has 1 heterocycles. The highest BCUT2D eigenvalue weighted by atomic mass is 16.7. The normalized spacial score (nSPS) is 15.9. The van der Waals surface area contributed by atoms with Crippen molar-refractivity contribution in [3.05, 3.63) is 35.5 Å². The zero-order chi connectivity index (χ0) is 18.6. The molecular weight excluding hydrogens is 330 g/mol. The minimum atomic E-state index is -1.33. The highest BCUT2D eigenvalue weighted by Gasteiger charge is 2.38. The molecule has 134 valence electrons. The average molecular weight is 349 g/mol. The van der Waals surface area contributed by atoms with E-state index < -0.39 is 23.7 Å². The number of carbonyl (C=O) groups is 3. The Morgan fingerprint density at radius 3 is 2.52 bits per heavy atom. The molecule has 0 unspecified atom stereocenters. The third kappa shape index (κ3) is 4.72. The Kier molecular flexibility index (Phi) is 5.31. The Morgan fingerprint density at radius 2 is 1.92 bits per heavy atom. The predicted octanol–water partition coefficient (Wildman–Crippen LogP) is 1.63. The Morgan fingerprint density at radius 1 is 1.28 bits per heavy atom. The standard InChI is InChI=1S/C17H19NO7/c1-4-23-14(20)8-10-5-6-13(19)12(7-10)18-9-11-15(21)24-17(2,3)25-16(11)22/h5-7,9,18-19H,4,8H2,1-3H3. The zero-order valence-corrected chi connectivity index (χ0v) is 14.1. The summed E-state index contributed by atoms with van der Waals surface area (Å²) in [5.74, 6) is -3.53. The molecule has 2 N–H and O–H groups in total. The van der Waals surface area contributed by atoms with Gasteiger partial charge in [-0.05, 0) is 24.6 Å². The van der Waals surface area contributed by atoms with E-state index in [1.165, 1.54) is 26.0 Å². The highest BCUT2D eigenvalue weighted by Crippen LogP contribution is 2.26. The van der Waals surface area contributed by atoms with E-state index in [2.05, 4.69) is 5.32 Å². The van der Waals surface area contributed by atoms with Crippen LogP contribution < -0.4 is 5.32 Å². The summed E-state index contributed by atoms with van der Waals surface area (Å²) in [5, 5.41) is 12.5. The lowest BCUT2D eigenvalue weighted by atomic mass is 10.1. The van der Waals surface area contributed by atoms with Crippen LogP contribution in [0.2, 0.25) is 0 Å². The van der Waals surface area contributed by atoms with E-state index >= 15 is 0 Å². The summed E-state index contributed by atoms with van der Waals surface area (Å²) in [6.07, 6.45) is 1.11. The number of esters is 3. The Balaban J connectivity index is 2.15. The van der Waals surface area contributed by atoms with E-state index in [0.717, 1.165) is 6.20 Å². The molecule has 0 aromatic heterocycles. The first-order valence-electron chi connectivity index (χ1n) is 7.62. The van der Waals surface area contributed by atoms with E-state index in [-0.39, 0.29) is 30.0 Å². The van der Waals surface area contributed by atoms with Crippen molar-refractivity contribution in [3.8, 4) is 5.75 Å². The van der Waals surface area contributed by atoms with Crippen LogP contribution in [0.15, 0.2) is 30.0 Å². The van der Waals surface area contributed by atoms with Gasteiger partial charge in [-0.25, -0.2) is 9.59 Å². The van der Waals surface area contributed by atoms with Crippen LogP contribution in [0.1, 0.15) is 26.3 Å². The smallest absolute Gasteiger partial charge is 0.350 e. The lowest BCUT2D eigenvalue weighted by Gasteiger charge is -2.29. The maximum Gasteiger partial charge on any atom is 0.350 e. The van der Waals surface area contributed by atoms with Crippen molar-refractivity contribution in [1.82, 2.24) is 0 Å². The molecule has 0 atom stereocenters. The minimum absolute atomic E-state index is 0.0254. The second-order valence-electron chi connectivity index (χ2n) is 5.71. The molecule has 1 aliphatic rings. The molecule has 0 radical (unpaired) electrons. The minimum Gasteiger partial charge on any atom is -0.506 e. The van der Waals surface area contributed by atoms with E-state index in [1.807, 2.05) is 0 Å². The van der Waals surface area contributed by atoms with E-state index in [9.17, 15) is 19.5 Å². The second kappa shape index (κ2) is 7.25. The first-order chi connectivity index (χ1) is 11.7. The van der Waals surface area contributed by atoms with Gasteiger partial charge in [-0.15, -0.1) is 0 Å². The van der Waals surface area contributed by atoms with Crippen LogP contribution in [-0.2, 0) is 35.0 Å². The Labute approximate surface area is 144 Å². The summed E-state index contributed by atoms with van der Waals surface area (Å²) in [6.45, 7) is 4.86. The van der Waals surface area contributed by atoms with Crippen molar-refractivity contribution < 1.29 is 33.7 Å². The molecule has 8 heteroatoms. The molecule has 0 amide bonds. The van der Waals surface area contributed by atoms with Crippen molar-refractivity contribution in [2.24, 2.45) is 0 Å². The lowest BCUT2D eigenvalue weighted by molar-refractivity contribution is -0.222. The van der Waals surface area contributed by atoms with Gasteiger partial charge in [0.05, 0.1) is 18.7 Å².